The van der Waals surface area contributed by atoms with Crippen LogP contribution in [0, 0.1) is 0 Å². The summed E-state index contributed by atoms with van der Waals surface area (Å²) in [6, 6.07) is 8.10. The zero-order valence-corrected chi connectivity index (χ0v) is 15.0. The maximum atomic E-state index is 11.8. The number of rotatable bonds is 7. The van der Waals surface area contributed by atoms with Gasteiger partial charge in [-0.2, -0.15) is 12.7 Å². The van der Waals surface area contributed by atoms with Crippen molar-refractivity contribution in [2.24, 2.45) is 0 Å². The van der Waals surface area contributed by atoms with Gasteiger partial charge in [-0.3, -0.25) is 0 Å². The van der Waals surface area contributed by atoms with E-state index in [1.165, 1.54) is 25.2 Å². The molecule has 1 atom stereocenters. The first-order chi connectivity index (χ1) is 11.4. The summed E-state index contributed by atoms with van der Waals surface area (Å²) in [5.74, 6) is 0.341. The van der Waals surface area contributed by atoms with E-state index in [4.69, 9.17) is 0 Å². The highest BCUT2D eigenvalue weighted by Gasteiger charge is 2.20. The van der Waals surface area contributed by atoms with Gasteiger partial charge in [0.05, 0.1) is 0 Å². The highest BCUT2D eigenvalue weighted by molar-refractivity contribution is 7.87. The van der Waals surface area contributed by atoms with E-state index in [1.54, 1.807) is 0 Å². The average molecular weight is 354 g/mol. The van der Waals surface area contributed by atoms with Crippen molar-refractivity contribution in [3.63, 3.8) is 0 Å². The van der Waals surface area contributed by atoms with Crippen molar-refractivity contribution in [1.82, 2.24) is 19.7 Å². The molecule has 0 aromatic heterocycles. The standard InChI is InChI=1S/C16H26N4O3S/c1-20(2)24(22,23)19-11-10-17-16(21)18-12-14-8-5-7-13-6-3-4-9-15(13)14/h3-4,6,9,14,19H,5,7-8,10-12H2,1-2H3,(H2,17,18,21). The number of carbonyl (C=O) groups is 1. The number of amides is 2. The predicted octanol–water partition coefficient (Wildman–Crippen LogP) is 0.802. The molecule has 0 heterocycles. The lowest BCUT2D eigenvalue weighted by Gasteiger charge is -2.25. The fourth-order valence-electron chi connectivity index (χ4n) is 2.83. The van der Waals surface area contributed by atoms with Gasteiger partial charge in [0.2, 0.25) is 0 Å². The lowest BCUT2D eigenvalue weighted by atomic mass is 9.83. The zero-order valence-electron chi connectivity index (χ0n) is 14.2. The highest BCUT2D eigenvalue weighted by Crippen LogP contribution is 2.30. The Hall–Kier alpha value is -1.64. The molecule has 2 rings (SSSR count). The molecule has 0 bridgehead atoms. The van der Waals surface area contributed by atoms with Crippen LogP contribution < -0.4 is 15.4 Å². The van der Waals surface area contributed by atoms with Crippen LogP contribution in [0.15, 0.2) is 24.3 Å². The summed E-state index contributed by atoms with van der Waals surface area (Å²) in [5, 5.41) is 5.54. The predicted molar refractivity (Wildman–Crippen MR) is 94.1 cm³/mol. The molecule has 24 heavy (non-hydrogen) atoms. The third kappa shape index (κ3) is 5.19. The fraction of sp³-hybridized carbons (Fsp3) is 0.562. The first kappa shape index (κ1) is 18.7. The quantitative estimate of drug-likeness (QED) is 0.633. The molecule has 134 valence electrons. The van der Waals surface area contributed by atoms with Gasteiger partial charge < -0.3 is 10.6 Å². The van der Waals surface area contributed by atoms with Gasteiger partial charge in [-0.1, -0.05) is 24.3 Å². The molecule has 2 amide bonds. The van der Waals surface area contributed by atoms with Crippen LogP contribution in [-0.2, 0) is 16.6 Å². The largest absolute Gasteiger partial charge is 0.338 e. The number of nitrogens with one attached hydrogen (secondary N) is 3. The van der Waals surface area contributed by atoms with E-state index in [2.05, 4.69) is 33.6 Å². The summed E-state index contributed by atoms with van der Waals surface area (Å²) in [6.07, 6.45) is 3.31. The third-order valence-electron chi connectivity index (χ3n) is 4.18. The van der Waals surface area contributed by atoms with Crippen LogP contribution in [-0.4, -0.2) is 52.5 Å². The second-order valence-electron chi connectivity index (χ2n) is 6.11. The Bertz CT molecular complexity index is 661. The summed E-state index contributed by atoms with van der Waals surface area (Å²) >= 11 is 0. The second kappa shape index (κ2) is 8.46. The Balaban J connectivity index is 1.71. The van der Waals surface area contributed by atoms with Crippen LogP contribution >= 0.6 is 0 Å². The van der Waals surface area contributed by atoms with E-state index in [0.29, 0.717) is 12.5 Å². The van der Waals surface area contributed by atoms with E-state index in [1.807, 2.05) is 6.07 Å². The van der Waals surface area contributed by atoms with Gasteiger partial charge in [0.1, 0.15) is 0 Å². The maximum Gasteiger partial charge on any atom is 0.314 e. The lowest BCUT2D eigenvalue weighted by Crippen LogP contribution is -2.43. The van der Waals surface area contributed by atoms with Crippen LogP contribution in [0.3, 0.4) is 0 Å². The monoisotopic (exact) mass is 354 g/mol. The van der Waals surface area contributed by atoms with Crippen LogP contribution in [0.2, 0.25) is 0 Å². The number of urea groups is 1. The molecule has 1 aromatic rings. The normalized spacial score (nSPS) is 17.4. The molecule has 3 N–H and O–H groups in total. The van der Waals surface area contributed by atoms with Gasteiger partial charge in [-0.15, -0.1) is 0 Å². The highest BCUT2D eigenvalue weighted by atomic mass is 32.2. The van der Waals surface area contributed by atoms with Gasteiger partial charge >= 0.3 is 6.03 Å². The number of carbonyl (C=O) groups excluding carboxylic acids is 1. The van der Waals surface area contributed by atoms with Crippen LogP contribution in [0.5, 0.6) is 0 Å². The van der Waals surface area contributed by atoms with E-state index in [0.717, 1.165) is 23.6 Å². The number of hydrogen-bond acceptors (Lipinski definition) is 3. The van der Waals surface area contributed by atoms with Gasteiger partial charge in [0.25, 0.3) is 10.2 Å². The topological polar surface area (TPSA) is 90.5 Å². The molecule has 8 heteroatoms. The molecule has 0 aliphatic heterocycles. The number of hydrogen-bond donors (Lipinski definition) is 3. The summed E-state index contributed by atoms with van der Waals surface area (Å²) in [7, 11) is -0.550. The SMILES string of the molecule is CN(C)S(=O)(=O)NCCNC(=O)NCC1CCCc2ccccc21. The average Bonchev–Trinajstić information content (AvgIpc) is 2.56. The zero-order chi connectivity index (χ0) is 17.6. The molecule has 1 unspecified atom stereocenters. The maximum absolute atomic E-state index is 11.8. The third-order valence-corrected chi connectivity index (χ3v) is 5.71. The molecular formula is C16H26N4O3S. The molecule has 1 aliphatic rings. The summed E-state index contributed by atoms with van der Waals surface area (Å²) in [6.45, 7) is 0.979. The van der Waals surface area contributed by atoms with Crippen molar-refractivity contribution < 1.29 is 13.2 Å². The van der Waals surface area contributed by atoms with Crippen molar-refractivity contribution >= 4 is 16.2 Å². The molecular weight excluding hydrogens is 328 g/mol. The Morgan fingerprint density at radius 2 is 1.96 bits per heavy atom. The molecule has 0 radical (unpaired) electrons. The van der Waals surface area contributed by atoms with Crippen molar-refractivity contribution in [2.45, 2.75) is 25.2 Å². The van der Waals surface area contributed by atoms with Gasteiger partial charge in [-0.05, 0) is 30.4 Å². The molecule has 1 aliphatic carbocycles. The Kier molecular flexibility index (Phi) is 6.59. The van der Waals surface area contributed by atoms with Gasteiger partial charge in [0, 0.05) is 39.6 Å². The minimum absolute atomic E-state index is 0.153. The molecule has 7 nitrogen and oxygen atoms in total. The van der Waals surface area contributed by atoms with Gasteiger partial charge in [0.15, 0.2) is 0 Å². The van der Waals surface area contributed by atoms with Crippen molar-refractivity contribution in [3.8, 4) is 0 Å². The minimum atomic E-state index is -3.45. The summed E-state index contributed by atoms with van der Waals surface area (Å²) in [4.78, 5) is 11.8. The van der Waals surface area contributed by atoms with E-state index in [-0.39, 0.29) is 19.1 Å². The smallest absolute Gasteiger partial charge is 0.314 e. The van der Waals surface area contributed by atoms with Crippen LogP contribution in [0.4, 0.5) is 4.79 Å². The summed E-state index contributed by atoms with van der Waals surface area (Å²) in [5.41, 5.74) is 2.69. The molecule has 0 spiro atoms. The van der Waals surface area contributed by atoms with E-state index >= 15 is 0 Å². The molecule has 0 saturated heterocycles. The molecule has 1 aromatic carbocycles. The number of nitrogens with zero attached hydrogens (tertiary/aromatic N) is 1. The number of benzene rings is 1. The minimum Gasteiger partial charge on any atom is -0.338 e. The van der Waals surface area contributed by atoms with Gasteiger partial charge in [-0.25, -0.2) is 9.52 Å². The first-order valence-corrected chi connectivity index (χ1v) is 9.61. The van der Waals surface area contributed by atoms with Crippen LogP contribution in [0.1, 0.15) is 29.9 Å². The number of aryl methyl sites for hydroxylation is 1. The summed E-state index contributed by atoms with van der Waals surface area (Å²) < 4.78 is 26.5. The van der Waals surface area contributed by atoms with Crippen molar-refractivity contribution in [2.75, 3.05) is 33.7 Å². The van der Waals surface area contributed by atoms with Crippen molar-refractivity contribution in [1.29, 1.82) is 0 Å². The molecule has 0 fully saturated rings. The Labute approximate surface area is 144 Å². The first-order valence-electron chi connectivity index (χ1n) is 8.17. The van der Waals surface area contributed by atoms with Crippen molar-refractivity contribution in [3.05, 3.63) is 35.4 Å². The number of fused-ring (bicyclic) bond motifs is 1. The molecule has 0 saturated carbocycles. The van der Waals surface area contributed by atoms with Crippen LogP contribution in [0.25, 0.3) is 0 Å². The Morgan fingerprint density at radius 1 is 1.21 bits per heavy atom. The Morgan fingerprint density at radius 3 is 2.71 bits per heavy atom. The fourth-order valence-corrected chi connectivity index (χ4v) is 3.45. The second-order valence-corrected chi connectivity index (χ2v) is 8.08. The van der Waals surface area contributed by atoms with E-state index < -0.39 is 10.2 Å². The van der Waals surface area contributed by atoms with E-state index in [9.17, 15) is 13.2 Å². The lowest BCUT2D eigenvalue weighted by molar-refractivity contribution is 0.240.